The van der Waals surface area contributed by atoms with E-state index in [1.165, 1.54) is 13.8 Å². The molecule has 110 valence electrons. The minimum atomic E-state index is -4.22. The highest BCUT2D eigenvalue weighted by atomic mass is 19.3. The molecule has 19 heavy (non-hydrogen) atoms. The number of carboxylic acid groups (broad SMARTS) is 1. The van der Waals surface area contributed by atoms with Crippen molar-refractivity contribution in [1.29, 1.82) is 0 Å². The van der Waals surface area contributed by atoms with Crippen LogP contribution in [0.15, 0.2) is 0 Å². The van der Waals surface area contributed by atoms with Crippen molar-refractivity contribution in [2.24, 2.45) is 5.92 Å². The molecule has 0 bridgehead atoms. The van der Waals surface area contributed by atoms with E-state index < -0.39 is 42.0 Å². The second-order valence-corrected chi connectivity index (χ2v) is 4.28. The molecule has 0 saturated heterocycles. The Balaban J connectivity index is 4.92. The summed E-state index contributed by atoms with van der Waals surface area (Å²) < 4.78 is 35.6. The minimum Gasteiger partial charge on any atom is -0.477 e. The Labute approximate surface area is 108 Å². The number of ether oxygens (including phenoxy) is 2. The summed E-state index contributed by atoms with van der Waals surface area (Å²) in [6.45, 7) is 4.74. The summed E-state index contributed by atoms with van der Waals surface area (Å²) in [5, 5.41) is 8.43. The van der Waals surface area contributed by atoms with Crippen molar-refractivity contribution in [3.05, 3.63) is 0 Å². The summed E-state index contributed by atoms with van der Waals surface area (Å²) in [6.07, 6.45) is -3.53. The molecule has 0 rings (SSSR count). The van der Waals surface area contributed by atoms with Crippen LogP contribution in [-0.2, 0) is 23.9 Å². The van der Waals surface area contributed by atoms with Crippen LogP contribution >= 0.6 is 0 Å². The third kappa shape index (κ3) is 4.80. The van der Waals surface area contributed by atoms with E-state index in [2.05, 4.69) is 9.47 Å². The van der Waals surface area contributed by atoms with E-state index in [0.29, 0.717) is 0 Å². The maximum atomic E-state index is 13.4. The van der Waals surface area contributed by atoms with Gasteiger partial charge in [-0.15, -0.1) is 0 Å². The molecule has 0 fully saturated rings. The minimum absolute atomic E-state index is 0.782. The van der Waals surface area contributed by atoms with Gasteiger partial charge in [-0.3, -0.25) is 4.79 Å². The van der Waals surface area contributed by atoms with Crippen molar-refractivity contribution in [3.8, 4) is 0 Å². The highest BCUT2D eigenvalue weighted by molar-refractivity contribution is 5.80. The Morgan fingerprint density at radius 1 is 1.11 bits per heavy atom. The highest BCUT2D eigenvalue weighted by Gasteiger charge is 2.52. The molecule has 6 nitrogen and oxygen atoms in total. The molecule has 0 aromatic heterocycles. The predicted octanol–water partition coefficient (Wildman–Crippen LogP) is 1.23. The van der Waals surface area contributed by atoms with Crippen molar-refractivity contribution in [3.63, 3.8) is 0 Å². The number of halogens is 2. The Morgan fingerprint density at radius 3 is 1.89 bits per heavy atom. The summed E-state index contributed by atoms with van der Waals surface area (Å²) in [7, 11) is 0. The van der Waals surface area contributed by atoms with E-state index in [9.17, 15) is 23.2 Å². The van der Waals surface area contributed by atoms with Crippen molar-refractivity contribution in [1.82, 2.24) is 0 Å². The average molecular weight is 282 g/mol. The van der Waals surface area contributed by atoms with Gasteiger partial charge in [0.15, 0.2) is 12.2 Å². The second kappa shape index (κ2) is 6.44. The number of carbonyl (C=O) groups excluding carboxylic acids is 2. The molecule has 0 aliphatic carbocycles. The van der Waals surface area contributed by atoms with Crippen LogP contribution in [-0.4, -0.2) is 41.1 Å². The van der Waals surface area contributed by atoms with Gasteiger partial charge < -0.3 is 14.6 Å². The lowest BCUT2D eigenvalue weighted by Crippen LogP contribution is -2.48. The second-order valence-electron chi connectivity index (χ2n) is 4.28. The lowest BCUT2D eigenvalue weighted by Gasteiger charge is -2.27. The molecule has 0 radical (unpaired) electrons. The van der Waals surface area contributed by atoms with Crippen LogP contribution in [0.3, 0.4) is 0 Å². The van der Waals surface area contributed by atoms with Gasteiger partial charge in [0, 0.05) is 6.92 Å². The van der Waals surface area contributed by atoms with E-state index in [1.54, 1.807) is 0 Å². The van der Waals surface area contributed by atoms with Crippen molar-refractivity contribution in [2.75, 3.05) is 0 Å². The SMILES string of the molecule is CC(=O)OC(C)C(=O)OC(C(C)C)C(F)(F)C(=O)O. The molecule has 0 heterocycles. The van der Waals surface area contributed by atoms with E-state index in [0.717, 1.165) is 13.8 Å². The number of aliphatic carboxylic acids is 1. The summed E-state index contributed by atoms with van der Waals surface area (Å²) in [5.41, 5.74) is 0. The molecule has 1 N–H and O–H groups in total. The Morgan fingerprint density at radius 2 is 1.58 bits per heavy atom. The number of hydrogen-bond acceptors (Lipinski definition) is 5. The first-order chi connectivity index (χ1) is 8.50. The van der Waals surface area contributed by atoms with Gasteiger partial charge in [0.25, 0.3) is 0 Å². The van der Waals surface area contributed by atoms with E-state index in [4.69, 9.17) is 5.11 Å². The molecule has 0 amide bonds. The van der Waals surface area contributed by atoms with Crippen LogP contribution < -0.4 is 0 Å². The molecule has 0 aliphatic rings. The normalized spacial score (nSPS) is 14.7. The van der Waals surface area contributed by atoms with Gasteiger partial charge in [-0.1, -0.05) is 13.8 Å². The fourth-order valence-corrected chi connectivity index (χ4v) is 1.27. The van der Waals surface area contributed by atoms with Crippen LogP contribution in [0.2, 0.25) is 0 Å². The Hall–Kier alpha value is -1.73. The molecule has 0 aromatic rings. The van der Waals surface area contributed by atoms with Crippen molar-refractivity contribution >= 4 is 17.9 Å². The van der Waals surface area contributed by atoms with Crippen LogP contribution in [0.25, 0.3) is 0 Å². The lowest BCUT2D eigenvalue weighted by atomic mass is 10.0. The lowest BCUT2D eigenvalue weighted by molar-refractivity contribution is -0.204. The van der Waals surface area contributed by atoms with Gasteiger partial charge in [0.05, 0.1) is 0 Å². The number of carboxylic acids is 1. The van der Waals surface area contributed by atoms with Crippen LogP contribution in [0.4, 0.5) is 8.78 Å². The first kappa shape index (κ1) is 17.3. The number of carbonyl (C=O) groups is 3. The Kier molecular flexibility index (Phi) is 5.85. The van der Waals surface area contributed by atoms with Crippen LogP contribution in [0, 0.1) is 5.92 Å². The summed E-state index contributed by atoms with van der Waals surface area (Å²) >= 11 is 0. The molecule has 0 aliphatic heterocycles. The molecule has 0 aromatic carbocycles. The van der Waals surface area contributed by atoms with E-state index in [-0.39, 0.29) is 0 Å². The molecular formula is C11H16F2O6. The van der Waals surface area contributed by atoms with Gasteiger partial charge in [-0.05, 0) is 12.8 Å². The summed E-state index contributed by atoms with van der Waals surface area (Å²) in [4.78, 5) is 32.5. The smallest absolute Gasteiger partial charge is 0.378 e. The molecule has 0 saturated carbocycles. The summed E-state index contributed by atoms with van der Waals surface area (Å²) in [5.74, 6) is -9.55. The third-order valence-corrected chi connectivity index (χ3v) is 2.17. The first-order valence-corrected chi connectivity index (χ1v) is 5.49. The summed E-state index contributed by atoms with van der Waals surface area (Å²) in [6, 6.07) is 0. The number of hydrogen-bond donors (Lipinski definition) is 1. The number of alkyl halides is 2. The van der Waals surface area contributed by atoms with Crippen LogP contribution in [0.5, 0.6) is 0 Å². The molecule has 2 atom stereocenters. The number of esters is 2. The van der Waals surface area contributed by atoms with Crippen LogP contribution in [0.1, 0.15) is 27.7 Å². The molecule has 0 spiro atoms. The Bertz CT molecular complexity index is 366. The van der Waals surface area contributed by atoms with E-state index >= 15 is 0 Å². The zero-order chi connectivity index (χ0) is 15.4. The molecular weight excluding hydrogens is 266 g/mol. The predicted molar refractivity (Wildman–Crippen MR) is 58.5 cm³/mol. The van der Waals surface area contributed by atoms with Gasteiger partial charge in [0.2, 0.25) is 0 Å². The maximum absolute atomic E-state index is 13.4. The fourth-order valence-electron chi connectivity index (χ4n) is 1.27. The highest BCUT2D eigenvalue weighted by Crippen LogP contribution is 2.28. The monoisotopic (exact) mass is 282 g/mol. The largest absolute Gasteiger partial charge is 0.477 e. The maximum Gasteiger partial charge on any atom is 0.378 e. The first-order valence-electron chi connectivity index (χ1n) is 5.49. The van der Waals surface area contributed by atoms with E-state index in [1.807, 2.05) is 0 Å². The van der Waals surface area contributed by atoms with Gasteiger partial charge in [-0.25, -0.2) is 9.59 Å². The van der Waals surface area contributed by atoms with Gasteiger partial charge >= 0.3 is 23.8 Å². The fraction of sp³-hybridized carbons (Fsp3) is 0.727. The van der Waals surface area contributed by atoms with Gasteiger partial charge in [-0.2, -0.15) is 8.78 Å². The standard InChI is InChI=1S/C11H16F2O6/c1-5(2)8(11(12,13)10(16)17)19-9(15)6(3)18-7(4)14/h5-6,8H,1-4H3,(H,16,17). The molecule has 8 heteroatoms. The van der Waals surface area contributed by atoms with Gasteiger partial charge in [0.1, 0.15) is 0 Å². The van der Waals surface area contributed by atoms with Crippen molar-refractivity contribution in [2.45, 2.75) is 45.8 Å². The zero-order valence-electron chi connectivity index (χ0n) is 11.0. The molecule has 2 unspecified atom stereocenters. The quantitative estimate of drug-likeness (QED) is 0.737. The third-order valence-electron chi connectivity index (χ3n) is 2.17. The average Bonchev–Trinajstić information content (AvgIpc) is 2.23. The van der Waals surface area contributed by atoms with Crippen molar-refractivity contribution < 1.29 is 37.7 Å². The number of rotatable bonds is 6. The zero-order valence-corrected chi connectivity index (χ0v) is 11.0. The topological polar surface area (TPSA) is 89.9 Å².